The van der Waals surface area contributed by atoms with Gasteiger partial charge in [0.15, 0.2) is 0 Å². The number of nitrogen functional groups attached to an aromatic ring is 1. The Bertz CT molecular complexity index is 608. The van der Waals surface area contributed by atoms with Crippen LogP contribution in [0.1, 0.15) is 5.56 Å². The summed E-state index contributed by atoms with van der Waals surface area (Å²) in [4.78, 5) is 11.7. The molecule has 0 bridgehead atoms. The van der Waals surface area contributed by atoms with Crippen LogP contribution in [0.4, 0.5) is 5.69 Å². The zero-order valence-corrected chi connectivity index (χ0v) is 10.4. The van der Waals surface area contributed by atoms with Gasteiger partial charge in [0, 0.05) is 16.2 Å². The molecule has 2 rings (SSSR count). The lowest BCUT2D eigenvalue weighted by molar-refractivity contribution is 0.762. The van der Waals surface area contributed by atoms with Crippen molar-refractivity contribution in [1.82, 2.24) is 4.57 Å². The third-order valence-corrected chi connectivity index (χ3v) is 3.00. The van der Waals surface area contributed by atoms with Gasteiger partial charge in [-0.1, -0.05) is 23.2 Å². The maximum atomic E-state index is 11.7. The van der Waals surface area contributed by atoms with Crippen molar-refractivity contribution in [3.8, 4) is 0 Å². The van der Waals surface area contributed by atoms with E-state index in [4.69, 9.17) is 28.9 Å². The Kier molecular flexibility index (Phi) is 3.41. The molecule has 2 N–H and O–H groups in total. The molecule has 88 valence electrons. The van der Waals surface area contributed by atoms with Crippen LogP contribution >= 0.6 is 23.2 Å². The maximum absolute atomic E-state index is 11.7. The van der Waals surface area contributed by atoms with Gasteiger partial charge in [-0.05, 0) is 35.9 Å². The molecule has 17 heavy (non-hydrogen) atoms. The van der Waals surface area contributed by atoms with Crippen LogP contribution in [0.5, 0.6) is 0 Å². The summed E-state index contributed by atoms with van der Waals surface area (Å²) in [6, 6.07) is 8.43. The fourth-order valence-corrected chi connectivity index (χ4v) is 1.90. The van der Waals surface area contributed by atoms with Gasteiger partial charge in [0.1, 0.15) is 0 Å². The van der Waals surface area contributed by atoms with Crippen LogP contribution in [0.3, 0.4) is 0 Å². The van der Waals surface area contributed by atoms with Gasteiger partial charge in [-0.3, -0.25) is 4.79 Å². The molecular formula is C12H10Cl2N2O. The number of hydrogen-bond donors (Lipinski definition) is 1. The summed E-state index contributed by atoms with van der Waals surface area (Å²) in [6.45, 7) is 0.350. The first-order valence-corrected chi connectivity index (χ1v) is 5.72. The molecule has 1 aromatic carbocycles. The molecule has 0 spiro atoms. The fraction of sp³-hybridized carbons (Fsp3) is 0.0833. The van der Waals surface area contributed by atoms with Crippen LogP contribution in [-0.2, 0) is 6.54 Å². The Morgan fingerprint density at radius 2 is 2.00 bits per heavy atom. The molecule has 5 heteroatoms. The van der Waals surface area contributed by atoms with Gasteiger partial charge < -0.3 is 10.3 Å². The van der Waals surface area contributed by atoms with Crippen molar-refractivity contribution in [2.75, 3.05) is 5.73 Å². The molecule has 0 aliphatic rings. The third kappa shape index (κ3) is 2.62. The Morgan fingerprint density at radius 3 is 2.76 bits per heavy atom. The summed E-state index contributed by atoms with van der Waals surface area (Å²) in [6.07, 6.45) is 1.66. The van der Waals surface area contributed by atoms with Gasteiger partial charge >= 0.3 is 0 Å². The summed E-state index contributed by atoms with van der Waals surface area (Å²) in [7, 11) is 0. The van der Waals surface area contributed by atoms with E-state index >= 15 is 0 Å². The first-order chi connectivity index (χ1) is 8.08. The average Bonchev–Trinajstić information content (AvgIpc) is 2.30. The van der Waals surface area contributed by atoms with Crippen molar-refractivity contribution >= 4 is 28.9 Å². The number of nitrogens with zero attached hydrogens (tertiary/aromatic N) is 1. The number of anilines is 1. The first-order valence-electron chi connectivity index (χ1n) is 4.97. The van der Waals surface area contributed by atoms with Gasteiger partial charge in [-0.2, -0.15) is 0 Å². The van der Waals surface area contributed by atoms with Crippen LogP contribution < -0.4 is 11.3 Å². The number of benzene rings is 1. The van der Waals surface area contributed by atoms with Crippen molar-refractivity contribution in [2.45, 2.75) is 6.54 Å². The largest absolute Gasteiger partial charge is 0.394 e. The van der Waals surface area contributed by atoms with E-state index < -0.39 is 0 Å². The van der Waals surface area contributed by atoms with Crippen molar-refractivity contribution < 1.29 is 0 Å². The second kappa shape index (κ2) is 4.82. The number of halogens is 2. The van der Waals surface area contributed by atoms with E-state index in [1.807, 2.05) is 0 Å². The van der Waals surface area contributed by atoms with Gasteiger partial charge in [0.25, 0.3) is 5.56 Å². The minimum absolute atomic E-state index is 0.214. The average molecular weight is 269 g/mol. The van der Waals surface area contributed by atoms with E-state index in [2.05, 4.69) is 0 Å². The van der Waals surface area contributed by atoms with E-state index in [0.717, 1.165) is 5.56 Å². The summed E-state index contributed by atoms with van der Waals surface area (Å²) in [5.74, 6) is 0. The number of nitrogens with two attached hydrogens (primary N) is 1. The van der Waals surface area contributed by atoms with Crippen LogP contribution in [0, 0.1) is 0 Å². The molecule has 0 amide bonds. The maximum Gasteiger partial charge on any atom is 0.273 e. The molecule has 0 aliphatic heterocycles. The molecule has 0 aliphatic carbocycles. The van der Waals surface area contributed by atoms with Crippen LogP contribution in [-0.4, -0.2) is 4.57 Å². The lowest BCUT2D eigenvalue weighted by Crippen LogP contribution is -2.22. The van der Waals surface area contributed by atoms with Gasteiger partial charge in [-0.15, -0.1) is 0 Å². The van der Waals surface area contributed by atoms with E-state index in [1.54, 1.807) is 36.5 Å². The molecule has 0 atom stereocenters. The number of aromatic nitrogens is 1. The lowest BCUT2D eigenvalue weighted by Gasteiger charge is -2.08. The molecule has 0 radical (unpaired) electrons. The molecule has 3 nitrogen and oxygen atoms in total. The lowest BCUT2D eigenvalue weighted by atomic mass is 10.2. The molecular weight excluding hydrogens is 259 g/mol. The van der Waals surface area contributed by atoms with Crippen LogP contribution in [0.15, 0.2) is 41.3 Å². The zero-order chi connectivity index (χ0) is 12.4. The highest BCUT2D eigenvalue weighted by Crippen LogP contribution is 2.21. The highest BCUT2D eigenvalue weighted by Gasteiger charge is 2.05. The van der Waals surface area contributed by atoms with E-state index in [0.29, 0.717) is 16.6 Å². The summed E-state index contributed by atoms with van der Waals surface area (Å²) >= 11 is 11.9. The third-order valence-electron chi connectivity index (χ3n) is 2.40. The van der Waals surface area contributed by atoms with Gasteiger partial charge in [-0.25, -0.2) is 0 Å². The highest BCUT2D eigenvalue weighted by molar-refractivity contribution is 6.33. The Balaban J connectivity index is 2.41. The number of hydrogen-bond acceptors (Lipinski definition) is 2. The molecule has 1 aromatic heterocycles. The number of rotatable bonds is 2. The van der Waals surface area contributed by atoms with Crippen molar-refractivity contribution in [2.24, 2.45) is 0 Å². The number of pyridine rings is 1. The minimum Gasteiger partial charge on any atom is -0.394 e. The Hall–Kier alpha value is -1.45. The Labute approximate surface area is 108 Å². The predicted molar refractivity (Wildman–Crippen MR) is 70.7 cm³/mol. The van der Waals surface area contributed by atoms with Gasteiger partial charge in [0.2, 0.25) is 0 Å². The Morgan fingerprint density at radius 1 is 1.24 bits per heavy atom. The molecule has 1 heterocycles. The summed E-state index contributed by atoms with van der Waals surface area (Å²) in [5.41, 5.74) is 6.31. The van der Waals surface area contributed by atoms with Gasteiger partial charge in [0.05, 0.1) is 12.2 Å². The molecule has 0 fully saturated rings. The predicted octanol–water partition coefficient (Wildman–Crippen LogP) is 2.79. The smallest absolute Gasteiger partial charge is 0.273 e. The highest BCUT2D eigenvalue weighted by atomic mass is 35.5. The van der Waals surface area contributed by atoms with Crippen LogP contribution in [0.25, 0.3) is 0 Å². The molecule has 0 saturated carbocycles. The molecule has 0 unspecified atom stereocenters. The summed E-state index contributed by atoms with van der Waals surface area (Å²) < 4.78 is 1.49. The van der Waals surface area contributed by atoms with Crippen LogP contribution in [0.2, 0.25) is 10.0 Å². The second-order valence-electron chi connectivity index (χ2n) is 3.63. The normalized spacial score (nSPS) is 10.5. The zero-order valence-electron chi connectivity index (χ0n) is 8.86. The van der Waals surface area contributed by atoms with Crippen molar-refractivity contribution in [3.63, 3.8) is 0 Å². The monoisotopic (exact) mass is 268 g/mol. The standard InChI is InChI=1S/C12H10Cl2N2O/c13-9-3-4-10(14)8(6-9)7-16-5-1-2-11(15)12(16)17/h1-6H,7,15H2. The quantitative estimate of drug-likeness (QED) is 0.911. The molecule has 0 saturated heterocycles. The first kappa shape index (κ1) is 12.0. The van der Waals surface area contributed by atoms with E-state index in [-0.39, 0.29) is 11.2 Å². The minimum atomic E-state index is -0.233. The van der Waals surface area contributed by atoms with Crippen molar-refractivity contribution in [3.05, 3.63) is 62.5 Å². The SMILES string of the molecule is Nc1cccn(Cc2cc(Cl)ccc2Cl)c1=O. The van der Waals surface area contributed by atoms with E-state index in [1.165, 1.54) is 4.57 Å². The fourth-order valence-electron chi connectivity index (χ4n) is 1.53. The van der Waals surface area contributed by atoms with Crippen molar-refractivity contribution in [1.29, 1.82) is 0 Å². The molecule has 2 aromatic rings. The van der Waals surface area contributed by atoms with E-state index in [9.17, 15) is 4.79 Å². The topological polar surface area (TPSA) is 48.0 Å². The summed E-state index contributed by atoms with van der Waals surface area (Å²) in [5, 5.41) is 1.16. The second-order valence-corrected chi connectivity index (χ2v) is 4.48.